The van der Waals surface area contributed by atoms with E-state index >= 15 is 0 Å². The van der Waals surface area contributed by atoms with Gasteiger partial charge in [0.25, 0.3) is 5.56 Å². The van der Waals surface area contributed by atoms with E-state index < -0.39 is 0 Å². The number of fused-ring (bicyclic) bond motifs is 3. The second-order valence-electron chi connectivity index (χ2n) is 6.47. The van der Waals surface area contributed by atoms with Crippen LogP contribution in [0.5, 0.6) is 5.75 Å². The van der Waals surface area contributed by atoms with Gasteiger partial charge in [-0.2, -0.15) is 0 Å². The van der Waals surface area contributed by atoms with Crippen LogP contribution in [-0.2, 0) is 13.0 Å². The van der Waals surface area contributed by atoms with Crippen LogP contribution in [0.15, 0.2) is 34.2 Å². The van der Waals surface area contributed by atoms with E-state index in [-0.39, 0.29) is 5.56 Å². The summed E-state index contributed by atoms with van der Waals surface area (Å²) in [6.45, 7) is 7.21. The van der Waals surface area contributed by atoms with E-state index in [1.807, 2.05) is 24.3 Å². The molecule has 27 heavy (non-hydrogen) atoms. The van der Waals surface area contributed by atoms with Crippen molar-refractivity contribution in [2.75, 3.05) is 26.0 Å². The normalized spacial score (nSPS) is 14.5. The smallest absolute Gasteiger partial charge is 0.267 e. The Morgan fingerprint density at radius 2 is 2.19 bits per heavy atom. The Bertz CT molecular complexity index is 1040. The number of hydrogen-bond donors (Lipinski definition) is 0. The molecule has 7 heteroatoms. The molecule has 0 atom stereocenters. The van der Waals surface area contributed by atoms with Gasteiger partial charge in [0.2, 0.25) is 0 Å². The van der Waals surface area contributed by atoms with Gasteiger partial charge in [0.05, 0.1) is 18.2 Å². The summed E-state index contributed by atoms with van der Waals surface area (Å²) in [4.78, 5) is 23.0. The van der Waals surface area contributed by atoms with E-state index in [1.165, 1.54) is 10.4 Å². The molecular formula is C20H23N3O2S2. The molecule has 4 rings (SSSR count). The molecular weight excluding hydrogens is 378 g/mol. The first-order valence-corrected chi connectivity index (χ1v) is 11.0. The van der Waals surface area contributed by atoms with Crippen LogP contribution in [0, 0.1) is 0 Å². The highest BCUT2D eigenvalue weighted by Gasteiger charge is 2.25. The monoisotopic (exact) mass is 401 g/mol. The minimum absolute atomic E-state index is 0.0339. The van der Waals surface area contributed by atoms with Crippen molar-refractivity contribution in [2.45, 2.75) is 32.0 Å². The van der Waals surface area contributed by atoms with Gasteiger partial charge in [0.15, 0.2) is 5.16 Å². The lowest BCUT2D eigenvalue weighted by Crippen LogP contribution is -2.30. The van der Waals surface area contributed by atoms with Gasteiger partial charge in [-0.25, -0.2) is 4.98 Å². The van der Waals surface area contributed by atoms with E-state index in [4.69, 9.17) is 9.72 Å². The summed E-state index contributed by atoms with van der Waals surface area (Å²) in [6.07, 6.45) is 0.915. The maximum absolute atomic E-state index is 13.6. The van der Waals surface area contributed by atoms with Gasteiger partial charge in [0, 0.05) is 24.0 Å². The number of nitrogens with zero attached hydrogens (tertiary/aromatic N) is 3. The van der Waals surface area contributed by atoms with Crippen LogP contribution in [0.25, 0.3) is 15.9 Å². The number of likely N-dealkylation sites (N-methyl/N-ethyl adjacent to an activating group) is 1. The molecule has 0 spiro atoms. The summed E-state index contributed by atoms with van der Waals surface area (Å²) in [6, 6.07) is 7.63. The highest BCUT2D eigenvalue weighted by atomic mass is 32.2. The third-order valence-corrected chi connectivity index (χ3v) is 6.89. The molecule has 142 valence electrons. The molecule has 0 saturated carbocycles. The molecule has 0 aliphatic carbocycles. The average Bonchev–Trinajstić information content (AvgIpc) is 3.06. The highest BCUT2D eigenvalue weighted by Crippen LogP contribution is 2.34. The third-order valence-electron chi connectivity index (χ3n) is 4.95. The number of rotatable bonds is 5. The van der Waals surface area contributed by atoms with Gasteiger partial charge in [-0.15, -0.1) is 11.3 Å². The van der Waals surface area contributed by atoms with Crippen molar-refractivity contribution in [2.24, 2.45) is 0 Å². The molecule has 0 N–H and O–H groups in total. The number of benzene rings is 1. The predicted octanol–water partition coefficient (Wildman–Crippen LogP) is 3.95. The van der Waals surface area contributed by atoms with Gasteiger partial charge in [-0.1, -0.05) is 31.7 Å². The second-order valence-corrected chi connectivity index (χ2v) is 8.79. The zero-order valence-electron chi connectivity index (χ0n) is 15.8. The molecule has 0 bridgehead atoms. The molecule has 0 unspecified atom stereocenters. The number of methoxy groups -OCH3 is 1. The maximum Gasteiger partial charge on any atom is 0.267 e. The van der Waals surface area contributed by atoms with Crippen molar-refractivity contribution in [3.63, 3.8) is 0 Å². The fourth-order valence-electron chi connectivity index (χ4n) is 3.55. The van der Waals surface area contributed by atoms with E-state index in [1.54, 1.807) is 34.8 Å². The summed E-state index contributed by atoms with van der Waals surface area (Å²) in [5.74, 6) is 1.59. The first-order valence-electron chi connectivity index (χ1n) is 9.23. The summed E-state index contributed by atoms with van der Waals surface area (Å²) in [7, 11) is 1.64. The average molecular weight is 402 g/mol. The number of aromatic nitrogens is 2. The van der Waals surface area contributed by atoms with Crippen molar-refractivity contribution in [1.29, 1.82) is 0 Å². The van der Waals surface area contributed by atoms with Crippen LogP contribution in [0.4, 0.5) is 0 Å². The zero-order valence-corrected chi connectivity index (χ0v) is 17.5. The molecule has 5 nitrogen and oxygen atoms in total. The van der Waals surface area contributed by atoms with Gasteiger partial charge < -0.3 is 4.74 Å². The van der Waals surface area contributed by atoms with Crippen LogP contribution in [0.1, 0.15) is 24.3 Å². The zero-order chi connectivity index (χ0) is 19.0. The third kappa shape index (κ3) is 3.28. The van der Waals surface area contributed by atoms with Crippen molar-refractivity contribution in [3.05, 3.63) is 45.1 Å². The van der Waals surface area contributed by atoms with E-state index in [0.29, 0.717) is 0 Å². The minimum atomic E-state index is 0.0339. The summed E-state index contributed by atoms with van der Waals surface area (Å²) in [5, 5.41) is 1.54. The lowest BCUT2D eigenvalue weighted by molar-refractivity contribution is 0.272. The van der Waals surface area contributed by atoms with Gasteiger partial charge in [-0.05, 0) is 36.4 Å². The quantitative estimate of drug-likeness (QED) is 0.479. The Balaban J connectivity index is 1.96. The fraction of sp³-hybridized carbons (Fsp3) is 0.400. The lowest BCUT2D eigenvalue weighted by Gasteiger charge is -2.25. The Kier molecular flexibility index (Phi) is 5.25. The predicted molar refractivity (Wildman–Crippen MR) is 113 cm³/mol. The molecule has 3 heterocycles. The van der Waals surface area contributed by atoms with Crippen molar-refractivity contribution in [1.82, 2.24) is 14.5 Å². The second kappa shape index (κ2) is 7.66. The lowest BCUT2D eigenvalue weighted by atomic mass is 10.1. The van der Waals surface area contributed by atoms with Crippen molar-refractivity contribution >= 4 is 33.3 Å². The summed E-state index contributed by atoms with van der Waals surface area (Å²) >= 11 is 3.28. The first-order chi connectivity index (χ1) is 13.2. The minimum Gasteiger partial charge on any atom is -0.497 e. The fourth-order valence-corrected chi connectivity index (χ4v) is 5.59. The van der Waals surface area contributed by atoms with Crippen LogP contribution < -0.4 is 10.3 Å². The Morgan fingerprint density at radius 3 is 2.93 bits per heavy atom. The van der Waals surface area contributed by atoms with E-state index in [0.717, 1.165) is 58.6 Å². The molecule has 0 fully saturated rings. The first kappa shape index (κ1) is 18.5. The van der Waals surface area contributed by atoms with Crippen molar-refractivity contribution in [3.8, 4) is 11.4 Å². The number of thioether (sulfide) groups is 1. The van der Waals surface area contributed by atoms with E-state index in [2.05, 4.69) is 18.7 Å². The van der Waals surface area contributed by atoms with Crippen molar-refractivity contribution < 1.29 is 4.74 Å². The SMILES string of the molecule is CCSc1nc2sc3c(c2c(=O)n1-c1cccc(OC)c1)CCN(CC)C3. The molecule has 0 saturated heterocycles. The maximum atomic E-state index is 13.6. The number of thiophene rings is 1. The van der Waals surface area contributed by atoms with Gasteiger partial charge in [0.1, 0.15) is 10.6 Å². The van der Waals surface area contributed by atoms with Crippen LogP contribution in [-0.4, -0.2) is 40.4 Å². The van der Waals surface area contributed by atoms with Crippen LogP contribution in [0.3, 0.4) is 0 Å². The Labute approximate surface area is 167 Å². The number of hydrogen-bond acceptors (Lipinski definition) is 6. The van der Waals surface area contributed by atoms with Crippen LogP contribution in [0.2, 0.25) is 0 Å². The molecule has 0 radical (unpaired) electrons. The molecule has 1 aliphatic rings. The molecule has 1 aromatic carbocycles. The van der Waals surface area contributed by atoms with Gasteiger partial charge >= 0.3 is 0 Å². The van der Waals surface area contributed by atoms with Gasteiger partial charge in [-0.3, -0.25) is 14.3 Å². The molecule has 2 aromatic heterocycles. The Morgan fingerprint density at radius 1 is 1.33 bits per heavy atom. The standard InChI is InChI=1S/C20H23N3O2S2/c1-4-22-10-9-15-16(12-22)27-18-17(15)19(24)23(20(21-18)26-5-2)13-7-6-8-14(11-13)25-3/h6-8,11H,4-5,9-10,12H2,1-3H3. The Hall–Kier alpha value is -1.83. The number of ether oxygens (including phenoxy) is 1. The van der Waals surface area contributed by atoms with E-state index in [9.17, 15) is 4.79 Å². The molecule has 0 amide bonds. The largest absolute Gasteiger partial charge is 0.497 e. The topological polar surface area (TPSA) is 47.4 Å². The summed E-state index contributed by atoms with van der Waals surface area (Å²) in [5.41, 5.74) is 2.03. The van der Waals surface area contributed by atoms with Crippen LogP contribution >= 0.6 is 23.1 Å². The molecule has 1 aliphatic heterocycles. The summed E-state index contributed by atoms with van der Waals surface area (Å²) < 4.78 is 7.11. The molecule has 3 aromatic rings. The highest BCUT2D eigenvalue weighted by molar-refractivity contribution is 7.99.